The van der Waals surface area contributed by atoms with E-state index in [0.29, 0.717) is 41.6 Å². The molecule has 1 N–H and O–H groups in total. The lowest BCUT2D eigenvalue weighted by atomic mass is 9.98. The van der Waals surface area contributed by atoms with Crippen LogP contribution in [0.1, 0.15) is 25.3 Å². The van der Waals surface area contributed by atoms with E-state index in [1.54, 1.807) is 19.2 Å². The van der Waals surface area contributed by atoms with E-state index in [-0.39, 0.29) is 30.2 Å². The molecule has 0 bridgehead atoms. The number of sulfonamides is 1. The molecule has 1 amide bonds. The maximum absolute atomic E-state index is 12.8. The maximum Gasteiger partial charge on any atom is 0.224 e. The van der Waals surface area contributed by atoms with Crippen molar-refractivity contribution in [3.63, 3.8) is 0 Å². The lowest BCUT2D eigenvalue weighted by Gasteiger charge is -2.32. The van der Waals surface area contributed by atoms with Crippen molar-refractivity contribution in [2.24, 2.45) is 5.92 Å². The number of nitrogens with one attached hydrogen (secondary N) is 1. The van der Waals surface area contributed by atoms with Gasteiger partial charge in [0.2, 0.25) is 15.9 Å². The number of amides is 1. The van der Waals surface area contributed by atoms with Gasteiger partial charge in [0.05, 0.1) is 18.3 Å². The van der Waals surface area contributed by atoms with Gasteiger partial charge in [0.25, 0.3) is 0 Å². The number of carbonyl (C=O) groups is 1. The summed E-state index contributed by atoms with van der Waals surface area (Å²) in [7, 11) is -2.01. The molecule has 1 saturated heterocycles. The van der Waals surface area contributed by atoms with Crippen LogP contribution in [0.25, 0.3) is 0 Å². The molecule has 6 nitrogen and oxygen atoms in total. The van der Waals surface area contributed by atoms with Crippen molar-refractivity contribution in [3.05, 3.63) is 33.8 Å². The van der Waals surface area contributed by atoms with Crippen LogP contribution in [0.15, 0.2) is 18.2 Å². The topological polar surface area (TPSA) is 75.7 Å². The monoisotopic (exact) mass is 422 g/mol. The summed E-state index contributed by atoms with van der Waals surface area (Å²) in [4.78, 5) is 12.4. The lowest BCUT2D eigenvalue weighted by molar-refractivity contribution is -0.127. The summed E-state index contributed by atoms with van der Waals surface area (Å²) in [5.74, 6) is -0.713. The van der Waals surface area contributed by atoms with E-state index in [1.807, 2.05) is 6.92 Å². The van der Waals surface area contributed by atoms with Gasteiger partial charge in [-0.05, 0) is 37.5 Å². The van der Waals surface area contributed by atoms with E-state index in [1.165, 1.54) is 10.4 Å². The summed E-state index contributed by atoms with van der Waals surface area (Å²) in [6.07, 6.45) is 1.31. The first-order chi connectivity index (χ1) is 12.2. The van der Waals surface area contributed by atoms with Crippen LogP contribution in [0.2, 0.25) is 10.0 Å². The molecule has 1 aromatic carbocycles. The minimum Gasteiger partial charge on any atom is -0.383 e. The van der Waals surface area contributed by atoms with Crippen LogP contribution < -0.4 is 5.32 Å². The zero-order valence-electron chi connectivity index (χ0n) is 14.9. The van der Waals surface area contributed by atoms with Gasteiger partial charge < -0.3 is 10.1 Å². The Bertz CT molecular complexity index is 742. The van der Waals surface area contributed by atoms with Gasteiger partial charge in [-0.25, -0.2) is 12.7 Å². The van der Waals surface area contributed by atoms with Gasteiger partial charge in [-0.3, -0.25) is 4.79 Å². The number of benzene rings is 1. The Balaban J connectivity index is 2.04. The third-order valence-electron chi connectivity index (χ3n) is 4.31. The molecule has 0 saturated carbocycles. The predicted octanol–water partition coefficient (Wildman–Crippen LogP) is 2.69. The third-order valence-corrected chi connectivity index (χ3v) is 6.69. The zero-order valence-corrected chi connectivity index (χ0v) is 17.2. The van der Waals surface area contributed by atoms with Crippen LogP contribution in [0.5, 0.6) is 0 Å². The fourth-order valence-corrected chi connectivity index (χ4v) is 5.18. The predicted molar refractivity (Wildman–Crippen MR) is 103 cm³/mol. The van der Waals surface area contributed by atoms with Crippen molar-refractivity contribution in [2.75, 3.05) is 26.8 Å². The molecule has 1 fully saturated rings. The van der Waals surface area contributed by atoms with E-state index >= 15 is 0 Å². The smallest absolute Gasteiger partial charge is 0.224 e. The van der Waals surface area contributed by atoms with E-state index in [9.17, 15) is 13.2 Å². The number of piperidine rings is 1. The Hall–Kier alpha value is -0.860. The fourth-order valence-electron chi connectivity index (χ4n) is 2.99. The van der Waals surface area contributed by atoms with Gasteiger partial charge in [-0.1, -0.05) is 29.3 Å². The van der Waals surface area contributed by atoms with Gasteiger partial charge in [0.15, 0.2) is 0 Å². The fraction of sp³-hybridized carbons (Fsp3) is 0.588. The summed E-state index contributed by atoms with van der Waals surface area (Å²) < 4.78 is 31.9. The number of nitrogens with zero attached hydrogens (tertiary/aromatic N) is 1. The van der Waals surface area contributed by atoms with Crippen LogP contribution in [0, 0.1) is 5.92 Å². The highest BCUT2D eigenvalue weighted by Gasteiger charge is 2.33. The molecule has 1 heterocycles. The molecule has 2 atom stereocenters. The largest absolute Gasteiger partial charge is 0.383 e. The minimum absolute atomic E-state index is 0.118. The molecular formula is C17H24Cl2N2O4S. The molecule has 146 valence electrons. The second kappa shape index (κ2) is 9.37. The first-order valence-electron chi connectivity index (χ1n) is 8.44. The van der Waals surface area contributed by atoms with Gasteiger partial charge in [-0.15, -0.1) is 0 Å². The Kier molecular flexibility index (Phi) is 7.73. The Morgan fingerprint density at radius 1 is 1.42 bits per heavy atom. The molecule has 1 aliphatic heterocycles. The Morgan fingerprint density at radius 2 is 2.15 bits per heavy atom. The normalized spacial score (nSPS) is 19.9. The Morgan fingerprint density at radius 3 is 2.81 bits per heavy atom. The molecule has 0 spiro atoms. The van der Waals surface area contributed by atoms with E-state index in [2.05, 4.69) is 5.32 Å². The number of hydrogen-bond acceptors (Lipinski definition) is 4. The highest BCUT2D eigenvalue weighted by molar-refractivity contribution is 7.88. The van der Waals surface area contributed by atoms with Crippen molar-refractivity contribution < 1.29 is 17.9 Å². The van der Waals surface area contributed by atoms with Crippen LogP contribution in [-0.2, 0) is 25.3 Å². The average molecular weight is 423 g/mol. The van der Waals surface area contributed by atoms with Crippen molar-refractivity contribution in [1.29, 1.82) is 0 Å². The molecule has 0 aliphatic carbocycles. The number of hydrogen-bond donors (Lipinski definition) is 1. The number of ether oxygens (including phenoxy) is 1. The molecule has 1 aliphatic rings. The molecule has 26 heavy (non-hydrogen) atoms. The summed E-state index contributed by atoms with van der Waals surface area (Å²) in [6.45, 7) is 2.85. The second-order valence-corrected chi connectivity index (χ2v) is 9.37. The molecule has 0 aromatic heterocycles. The molecule has 0 unspecified atom stereocenters. The molecule has 1 aromatic rings. The van der Waals surface area contributed by atoms with Crippen LogP contribution in [-0.4, -0.2) is 51.5 Å². The number of methoxy groups -OCH3 is 1. The van der Waals surface area contributed by atoms with E-state index < -0.39 is 10.0 Å². The molecule has 2 rings (SSSR count). The molecular weight excluding hydrogens is 399 g/mol. The SMILES string of the molecule is COC[C@@H](C)NC(=O)[C@@H]1CCCN(S(=O)(=O)Cc2ccc(Cl)cc2Cl)C1. The first kappa shape index (κ1) is 21.4. The van der Waals surface area contributed by atoms with Crippen molar-refractivity contribution in [1.82, 2.24) is 9.62 Å². The van der Waals surface area contributed by atoms with E-state index in [4.69, 9.17) is 27.9 Å². The molecule has 9 heteroatoms. The van der Waals surface area contributed by atoms with Crippen LogP contribution >= 0.6 is 23.2 Å². The molecule has 0 radical (unpaired) electrons. The number of halogens is 2. The Labute approximate surface area is 164 Å². The van der Waals surface area contributed by atoms with Crippen LogP contribution in [0.3, 0.4) is 0 Å². The summed E-state index contributed by atoms with van der Waals surface area (Å²) >= 11 is 12.0. The number of carbonyl (C=O) groups excluding carboxylic acids is 1. The van der Waals surface area contributed by atoms with Gasteiger partial charge in [0.1, 0.15) is 0 Å². The summed E-state index contributed by atoms with van der Waals surface area (Å²) in [6, 6.07) is 4.63. The number of rotatable bonds is 7. The standard InChI is InChI=1S/C17H24Cl2N2O4S/c1-12(10-25-2)20-17(22)13-4-3-7-21(9-13)26(23,24)11-14-5-6-15(18)8-16(14)19/h5-6,8,12-13H,3-4,7,9-11H2,1-2H3,(H,20,22)/t12-,13-/m1/s1. The highest BCUT2D eigenvalue weighted by Crippen LogP contribution is 2.26. The van der Waals surface area contributed by atoms with Crippen molar-refractivity contribution in [2.45, 2.75) is 31.6 Å². The van der Waals surface area contributed by atoms with Gasteiger partial charge in [-0.2, -0.15) is 0 Å². The zero-order chi connectivity index (χ0) is 19.3. The quantitative estimate of drug-likeness (QED) is 0.732. The lowest BCUT2D eigenvalue weighted by Crippen LogP contribution is -2.48. The highest BCUT2D eigenvalue weighted by atomic mass is 35.5. The van der Waals surface area contributed by atoms with E-state index in [0.717, 1.165) is 0 Å². The van der Waals surface area contributed by atoms with Crippen molar-refractivity contribution in [3.8, 4) is 0 Å². The first-order valence-corrected chi connectivity index (χ1v) is 10.8. The second-order valence-electron chi connectivity index (χ2n) is 6.55. The van der Waals surface area contributed by atoms with Crippen molar-refractivity contribution >= 4 is 39.1 Å². The average Bonchev–Trinajstić information content (AvgIpc) is 2.57. The minimum atomic E-state index is -3.58. The maximum atomic E-state index is 12.8. The summed E-state index contributed by atoms with van der Waals surface area (Å²) in [5, 5.41) is 3.64. The van der Waals surface area contributed by atoms with Gasteiger partial charge in [0, 0.05) is 36.3 Å². The third kappa shape index (κ3) is 5.82. The van der Waals surface area contributed by atoms with Crippen LogP contribution in [0.4, 0.5) is 0 Å². The van der Waals surface area contributed by atoms with Gasteiger partial charge >= 0.3 is 0 Å². The summed E-state index contributed by atoms with van der Waals surface area (Å²) in [5.41, 5.74) is 0.497.